The van der Waals surface area contributed by atoms with Gasteiger partial charge in [0, 0.05) is 18.0 Å². The van der Waals surface area contributed by atoms with Crippen LogP contribution in [0.25, 0.3) is 5.52 Å². The lowest BCUT2D eigenvalue weighted by molar-refractivity contribution is 0.629. The van der Waals surface area contributed by atoms with E-state index in [2.05, 4.69) is 28.2 Å². The molecule has 0 spiro atoms. The van der Waals surface area contributed by atoms with Crippen LogP contribution in [0.5, 0.6) is 0 Å². The molecule has 0 fully saturated rings. The summed E-state index contributed by atoms with van der Waals surface area (Å²) < 4.78 is 1.78. The molecule has 2 aromatic rings. The second-order valence-corrected chi connectivity index (χ2v) is 3.56. The van der Waals surface area contributed by atoms with Gasteiger partial charge >= 0.3 is 0 Å². The van der Waals surface area contributed by atoms with Crippen LogP contribution in [0.15, 0.2) is 24.8 Å². The molecule has 2 heterocycles. The minimum absolute atomic E-state index is 0.0957. The van der Waals surface area contributed by atoms with E-state index in [0.29, 0.717) is 0 Å². The standard InChI is InChI=1S/C12H14N4/c1-3-5-14-11(4-2)10-8-15-16-7-6-13-9-12(10)16/h2,6-9,11,14H,3,5H2,1H3. The first kappa shape index (κ1) is 10.7. The molecule has 1 N–H and O–H groups in total. The fourth-order valence-corrected chi connectivity index (χ4v) is 1.62. The Labute approximate surface area is 94.7 Å². The first-order chi connectivity index (χ1) is 7.86. The van der Waals surface area contributed by atoms with Gasteiger partial charge in [0.25, 0.3) is 0 Å². The van der Waals surface area contributed by atoms with E-state index >= 15 is 0 Å². The lowest BCUT2D eigenvalue weighted by Gasteiger charge is -2.10. The summed E-state index contributed by atoms with van der Waals surface area (Å²) in [5.41, 5.74) is 1.96. The fraction of sp³-hybridized carbons (Fsp3) is 0.333. The van der Waals surface area contributed by atoms with Gasteiger partial charge in [0.2, 0.25) is 0 Å². The van der Waals surface area contributed by atoms with E-state index in [0.717, 1.165) is 24.0 Å². The van der Waals surface area contributed by atoms with Crippen molar-refractivity contribution in [2.75, 3.05) is 6.54 Å². The van der Waals surface area contributed by atoms with Crippen LogP contribution in [0, 0.1) is 12.3 Å². The highest BCUT2D eigenvalue weighted by Crippen LogP contribution is 2.17. The number of aromatic nitrogens is 3. The van der Waals surface area contributed by atoms with Crippen LogP contribution in [0.3, 0.4) is 0 Å². The second kappa shape index (κ2) is 4.77. The molecule has 0 aliphatic heterocycles. The van der Waals surface area contributed by atoms with Crippen LogP contribution in [-0.2, 0) is 0 Å². The van der Waals surface area contributed by atoms with Crippen LogP contribution in [0.4, 0.5) is 0 Å². The van der Waals surface area contributed by atoms with Gasteiger partial charge in [0.05, 0.1) is 24.0 Å². The monoisotopic (exact) mass is 214 g/mol. The van der Waals surface area contributed by atoms with E-state index in [-0.39, 0.29) is 6.04 Å². The predicted molar refractivity (Wildman–Crippen MR) is 62.9 cm³/mol. The van der Waals surface area contributed by atoms with Crippen molar-refractivity contribution in [2.45, 2.75) is 19.4 Å². The maximum atomic E-state index is 5.53. The van der Waals surface area contributed by atoms with Gasteiger partial charge in [-0.15, -0.1) is 6.42 Å². The van der Waals surface area contributed by atoms with Gasteiger partial charge in [-0.1, -0.05) is 12.8 Å². The lowest BCUT2D eigenvalue weighted by Crippen LogP contribution is -2.20. The number of hydrogen-bond donors (Lipinski definition) is 1. The van der Waals surface area contributed by atoms with Gasteiger partial charge in [0.1, 0.15) is 0 Å². The van der Waals surface area contributed by atoms with E-state index in [1.165, 1.54) is 0 Å². The van der Waals surface area contributed by atoms with Crippen LogP contribution in [0.1, 0.15) is 24.9 Å². The Morgan fingerprint density at radius 2 is 2.44 bits per heavy atom. The summed E-state index contributed by atoms with van der Waals surface area (Å²) in [4.78, 5) is 4.09. The van der Waals surface area contributed by atoms with Crippen molar-refractivity contribution in [1.82, 2.24) is 19.9 Å². The van der Waals surface area contributed by atoms with Crippen LogP contribution >= 0.6 is 0 Å². The van der Waals surface area contributed by atoms with E-state index in [1.807, 2.05) is 6.20 Å². The van der Waals surface area contributed by atoms with E-state index in [1.54, 1.807) is 23.1 Å². The molecule has 4 heteroatoms. The highest BCUT2D eigenvalue weighted by atomic mass is 15.2. The van der Waals surface area contributed by atoms with Gasteiger partial charge in [-0.3, -0.25) is 10.3 Å². The molecule has 0 aliphatic carbocycles. The van der Waals surface area contributed by atoms with Gasteiger partial charge in [-0.25, -0.2) is 4.52 Å². The largest absolute Gasteiger partial charge is 0.300 e. The Balaban J connectivity index is 2.34. The highest BCUT2D eigenvalue weighted by Gasteiger charge is 2.12. The molecule has 4 nitrogen and oxygen atoms in total. The third kappa shape index (κ3) is 1.90. The minimum Gasteiger partial charge on any atom is -0.300 e. The molecular formula is C12H14N4. The van der Waals surface area contributed by atoms with Crippen LogP contribution in [0.2, 0.25) is 0 Å². The summed E-state index contributed by atoms with van der Waals surface area (Å²) in [6, 6.07) is -0.0957. The first-order valence-electron chi connectivity index (χ1n) is 5.33. The molecule has 0 saturated heterocycles. The summed E-state index contributed by atoms with van der Waals surface area (Å²) in [5, 5.41) is 7.53. The zero-order chi connectivity index (χ0) is 11.4. The molecule has 16 heavy (non-hydrogen) atoms. The minimum atomic E-state index is -0.0957. The predicted octanol–water partition coefficient (Wildman–Crippen LogP) is 1.40. The maximum Gasteiger partial charge on any atom is 0.0980 e. The molecule has 1 atom stereocenters. The quantitative estimate of drug-likeness (QED) is 0.782. The zero-order valence-electron chi connectivity index (χ0n) is 9.22. The Morgan fingerprint density at radius 3 is 3.19 bits per heavy atom. The average Bonchev–Trinajstić information content (AvgIpc) is 2.75. The number of rotatable bonds is 4. The molecular weight excluding hydrogens is 200 g/mol. The molecule has 0 aliphatic rings. The van der Waals surface area contributed by atoms with Crippen molar-refractivity contribution in [3.63, 3.8) is 0 Å². The van der Waals surface area contributed by atoms with Crippen molar-refractivity contribution in [1.29, 1.82) is 0 Å². The van der Waals surface area contributed by atoms with Gasteiger partial charge in [0.15, 0.2) is 0 Å². The Kier molecular flexibility index (Phi) is 3.18. The van der Waals surface area contributed by atoms with E-state index < -0.39 is 0 Å². The summed E-state index contributed by atoms with van der Waals surface area (Å²) in [6.07, 6.45) is 13.7. The van der Waals surface area contributed by atoms with Crippen LogP contribution < -0.4 is 5.32 Å². The van der Waals surface area contributed by atoms with Gasteiger partial charge in [-0.05, 0) is 13.0 Å². The molecule has 0 aromatic carbocycles. The number of fused-ring (bicyclic) bond motifs is 1. The molecule has 0 radical (unpaired) electrons. The summed E-state index contributed by atoms with van der Waals surface area (Å²) >= 11 is 0. The molecule has 0 bridgehead atoms. The second-order valence-electron chi connectivity index (χ2n) is 3.56. The van der Waals surface area contributed by atoms with Crippen molar-refractivity contribution >= 4 is 5.52 Å². The number of nitrogens with one attached hydrogen (secondary N) is 1. The molecule has 0 amide bonds. The third-order valence-corrected chi connectivity index (χ3v) is 2.43. The number of hydrogen-bond acceptors (Lipinski definition) is 3. The summed E-state index contributed by atoms with van der Waals surface area (Å²) in [7, 11) is 0. The third-order valence-electron chi connectivity index (χ3n) is 2.43. The topological polar surface area (TPSA) is 42.2 Å². The molecule has 82 valence electrons. The van der Waals surface area contributed by atoms with Crippen molar-refractivity contribution in [2.24, 2.45) is 0 Å². The van der Waals surface area contributed by atoms with Crippen molar-refractivity contribution < 1.29 is 0 Å². The van der Waals surface area contributed by atoms with Crippen molar-refractivity contribution in [3.8, 4) is 12.3 Å². The SMILES string of the molecule is C#CC(NCCC)c1cnn2ccncc12. The normalized spacial score (nSPS) is 12.5. The summed E-state index contributed by atoms with van der Waals surface area (Å²) in [6.45, 7) is 3.00. The zero-order valence-corrected chi connectivity index (χ0v) is 9.22. The maximum absolute atomic E-state index is 5.53. The average molecular weight is 214 g/mol. The summed E-state index contributed by atoms with van der Waals surface area (Å²) in [5.74, 6) is 2.74. The van der Waals surface area contributed by atoms with E-state index in [9.17, 15) is 0 Å². The Hall–Kier alpha value is -1.86. The highest BCUT2D eigenvalue weighted by molar-refractivity contribution is 5.54. The Bertz CT molecular complexity index is 509. The smallest absolute Gasteiger partial charge is 0.0980 e. The van der Waals surface area contributed by atoms with Gasteiger partial charge in [-0.2, -0.15) is 5.10 Å². The molecule has 1 unspecified atom stereocenters. The Morgan fingerprint density at radius 1 is 1.56 bits per heavy atom. The molecule has 2 rings (SSSR count). The van der Waals surface area contributed by atoms with Crippen LogP contribution in [-0.4, -0.2) is 21.1 Å². The fourth-order valence-electron chi connectivity index (χ4n) is 1.62. The lowest BCUT2D eigenvalue weighted by atomic mass is 10.1. The van der Waals surface area contributed by atoms with Crippen molar-refractivity contribution in [3.05, 3.63) is 30.4 Å². The van der Waals surface area contributed by atoms with Gasteiger partial charge < -0.3 is 0 Å². The number of nitrogens with zero attached hydrogens (tertiary/aromatic N) is 3. The first-order valence-corrected chi connectivity index (χ1v) is 5.33. The number of terminal acetylenes is 1. The van der Waals surface area contributed by atoms with E-state index in [4.69, 9.17) is 6.42 Å². The molecule has 0 saturated carbocycles. The molecule has 2 aromatic heterocycles.